The quantitative estimate of drug-likeness (QED) is 0.648. The first-order valence-electron chi connectivity index (χ1n) is 4.94. The van der Waals surface area contributed by atoms with Crippen molar-refractivity contribution in [2.45, 2.75) is 13.5 Å². The molecule has 6 nitrogen and oxygen atoms in total. The van der Waals surface area contributed by atoms with E-state index in [1.54, 1.807) is 19.1 Å². The molecule has 1 heterocycles. The SMILES string of the molecule is Cc1noc(-c2ccc([N+](=O)[O-])cc2)c1CO. The minimum Gasteiger partial charge on any atom is -0.391 e. The maximum Gasteiger partial charge on any atom is 0.269 e. The Hall–Kier alpha value is -2.21. The Morgan fingerprint density at radius 1 is 1.41 bits per heavy atom. The maximum atomic E-state index is 10.5. The van der Waals surface area contributed by atoms with Crippen LogP contribution in [0.15, 0.2) is 28.8 Å². The zero-order valence-corrected chi connectivity index (χ0v) is 9.08. The van der Waals surface area contributed by atoms with Crippen LogP contribution in [0.3, 0.4) is 0 Å². The molecule has 0 radical (unpaired) electrons. The van der Waals surface area contributed by atoms with E-state index in [2.05, 4.69) is 5.16 Å². The van der Waals surface area contributed by atoms with Gasteiger partial charge in [0.1, 0.15) is 0 Å². The average molecular weight is 234 g/mol. The Morgan fingerprint density at radius 2 is 2.06 bits per heavy atom. The molecule has 0 atom stereocenters. The number of non-ortho nitro benzene ring substituents is 1. The lowest BCUT2D eigenvalue weighted by atomic mass is 10.1. The summed E-state index contributed by atoms with van der Waals surface area (Å²) in [6.45, 7) is 1.55. The highest BCUT2D eigenvalue weighted by atomic mass is 16.6. The lowest BCUT2D eigenvalue weighted by Gasteiger charge is -1.98. The zero-order chi connectivity index (χ0) is 12.4. The molecule has 0 amide bonds. The van der Waals surface area contributed by atoms with Gasteiger partial charge in [-0.05, 0) is 19.1 Å². The molecule has 2 aromatic rings. The number of hydrogen-bond acceptors (Lipinski definition) is 5. The zero-order valence-electron chi connectivity index (χ0n) is 9.08. The first kappa shape index (κ1) is 11.3. The number of aliphatic hydroxyl groups excluding tert-OH is 1. The molecule has 0 aliphatic heterocycles. The van der Waals surface area contributed by atoms with Crippen molar-refractivity contribution in [1.29, 1.82) is 0 Å². The predicted molar refractivity (Wildman–Crippen MR) is 59.3 cm³/mol. The number of hydrogen-bond donors (Lipinski definition) is 1. The van der Waals surface area contributed by atoms with E-state index in [9.17, 15) is 15.2 Å². The lowest BCUT2D eigenvalue weighted by molar-refractivity contribution is -0.384. The highest BCUT2D eigenvalue weighted by Gasteiger charge is 2.15. The molecule has 0 aliphatic rings. The minimum atomic E-state index is -0.470. The molecule has 1 N–H and O–H groups in total. The molecule has 0 saturated carbocycles. The van der Waals surface area contributed by atoms with E-state index in [0.717, 1.165) is 0 Å². The van der Waals surface area contributed by atoms with Gasteiger partial charge < -0.3 is 9.63 Å². The molecule has 88 valence electrons. The van der Waals surface area contributed by atoms with Gasteiger partial charge in [0.2, 0.25) is 0 Å². The van der Waals surface area contributed by atoms with Gasteiger partial charge in [0, 0.05) is 23.3 Å². The summed E-state index contributed by atoms with van der Waals surface area (Å²) in [6.07, 6.45) is 0. The first-order chi connectivity index (χ1) is 8.13. The van der Waals surface area contributed by atoms with Crippen molar-refractivity contribution in [2.24, 2.45) is 0 Å². The second-order valence-electron chi connectivity index (χ2n) is 3.54. The smallest absolute Gasteiger partial charge is 0.269 e. The number of aliphatic hydroxyl groups is 1. The Morgan fingerprint density at radius 3 is 2.59 bits per heavy atom. The van der Waals surface area contributed by atoms with Crippen LogP contribution >= 0.6 is 0 Å². The summed E-state index contributed by atoms with van der Waals surface area (Å²) >= 11 is 0. The summed E-state index contributed by atoms with van der Waals surface area (Å²) in [7, 11) is 0. The van der Waals surface area contributed by atoms with Gasteiger partial charge in [-0.25, -0.2) is 0 Å². The molecule has 6 heteroatoms. The van der Waals surface area contributed by atoms with Crippen LogP contribution in [0.1, 0.15) is 11.3 Å². The van der Waals surface area contributed by atoms with E-state index in [-0.39, 0.29) is 12.3 Å². The second kappa shape index (κ2) is 4.34. The molecule has 1 aromatic heterocycles. The highest BCUT2D eigenvalue weighted by Crippen LogP contribution is 2.27. The third-order valence-electron chi connectivity index (χ3n) is 2.48. The summed E-state index contributed by atoms with van der Waals surface area (Å²) in [5, 5.41) is 23.4. The third-order valence-corrected chi connectivity index (χ3v) is 2.48. The summed E-state index contributed by atoms with van der Waals surface area (Å²) in [5.41, 5.74) is 1.87. The molecule has 0 spiro atoms. The van der Waals surface area contributed by atoms with Gasteiger partial charge in [-0.1, -0.05) is 5.16 Å². The van der Waals surface area contributed by atoms with Crippen LogP contribution < -0.4 is 0 Å². The van der Waals surface area contributed by atoms with Crippen molar-refractivity contribution in [1.82, 2.24) is 5.16 Å². The van der Waals surface area contributed by atoms with E-state index < -0.39 is 4.92 Å². The van der Waals surface area contributed by atoms with Crippen LogP contribution in [0.5, 0.6) is 0 Å². The number of nitro benzene ring substituents is 1. The van der Waals surface area contributed by atoms with Gasteiger partial charge in [-0.2, -0.15) is 0 Å². The molecule has 0 saturated heterocycles. The first-order valence-corrected chi connectivity index (χ1v) is 4.94. The van der Waals surface area contributed by atoms with Gasteiger partial charge in [0.05, 0.1) is 17.2 Å². The van der Waals surface area contributed by atoms with Crippen LogP contribution in [-0.2, 0) is 6.61 Å². The standard InChI is InChI=1S/C11H10N2O4/c1-7-10(6-14)11(17-12-7)8-2-4-9(5-3-8)13(15)16/h2-5,14H,6H2,1H3. The third kappa shape index (κ3) is 2.02. The minimum absolute atomic E-state index is 0.00976. The predicted octanol–water partition coefficient (Wildman–Crippen LogP) is 2.05. The molecular formula is C11H10N2O4. The molecule has 0 fully saturated rings. The fourth-order valence-electron chi connectivity index (χ4n) is 1.54. The normalized spacial score (nSPS) is 10.5. The van der Waals surface area contributed by atoms with Crippen LogP contribution in [0, 0.1) is 17.0 Å². The molecule has 0 unspecified atom stereocenters. The molecule has 2 rings (SSSR count). The Balaban J connectivity index is 2.43. The average Bonchev–Trinajstić information content (AvgIpc) is 2.70. The Labute approximate surface area is 96.6 Å². The summed E-state index contributed by atoms with van der Waals surface area (Å²) in [5.74, 6) is 0.444. The fraction of sp³-hybridized carbons (Fsp3) is 0.182. The number of aromatic nitrogens is 1. The van der Waals surface area contributed by atoms with E-state index in [1.165, 1.54) is 12.1 Å². The van der Waals surface area contributed by atoms with Gasteiger partial charge in [-0.3, -0.25) is 10.1 Å². The van der Waals surface area contributed by atoms with Crippen LogP contribution in [0.4, 0.5) is 5.69 Å². The fourth-order valence-corrected chi connectivity index (χ4v) is 1.54. The van der Waals surface area contributed by atoms with Gasteiger partial charge in [0.15, 0.2) is 5.76 Å². The number of nitrogens with zero attached hydrogens (tertiary/aromatic N) is 2. The van der Waals surface area contributed by atoms with Crippen molar-refractivity contribution in [3.05, 3.63) is 45.6 Å². The van der Waals surface area contributed by atoms with E-state index in [0.29, 0.717) is 22.6 Å². The number of rotatable bonds is 3. The largest absolute Gasteiger partial charge is 0.391 e. The topological polar surface area (TPSA) is 89.4 Å². The molecule has 0 aliphatic carbocycles. The van der Waals surface area contributed by atoms with Gasteiger partial charge in [-0.15, -0.1) is 0 Å². The maximum absolute atomic E-state index is 10.5. The van der Waals surface area contributed by atoms with E-state index >= 15 is 0 Å². The van der Waals surface area contributed by atoms with Crippen molar-refractivity contribution < 1.29 is 14.6 Å². The van der Waals surface area contributed by atoms with Gasteiger partial charge >= 0.3 is 0 Å². The van der Waals surface area contributed by atoms with Crippen LogP contribution in [0.25, 0.3) is 11.3 Å². The number of benzene rings is 1. The number of aryl methyl sites for hydroxylation is 1. The van der Waals surface area contributed by atoms with Crippen molar-refractivity contribution >= 4 is 5.69 Å². The second-order valence-corrected chi connectivity index (χ2v) is 3.54. The Kier molecular flexibility index (Phi) is 2.88. The highest BCUT2D eigenvalue weighted by molar-refractivity contribution is 5.63. The summed E-state index contributed by atoms with van der Waals surface area (Å²) in [4.78, 5) is 10.0. The molecule has 17 heavy (non-hydrogen) atoms. The molecule has 0 bridgehead atoms. The lowest BCUT2D eigenvalue weighted by Crippen LogP contribution is -1.89. The summed E-state index contributed by atoms with van der Waals surface area (Å²) < 4.78 is 5.09. The van der Waals surface area contributed by atoms with Crippen molar-refractivity contribution in [3.63, 3.8) is 0 Å². The molecular weight excluding hydrogens is 224 g/mol. The van der Waals surface area contributed by atoms with Crippen LogP contribution in [-0.4, -0.2) is 15.2 Å². The van der Waals surface area contributed by atoms with E-state index in [1.807, 2.05) is 0 Å². The molecule has 1 aromatic carbocycles. The monoisotopic (exact) mass is 234 g/mol. The van der Waals surface area contributed by atoms with E-state index in [4.69, 9.17) is 4.52 Å². The number of nitro groups is 1. The van der Waals surface area contributed by atoms with Crippen molar-refractivity contribution in [2.75, 3.05) is 0 Å². The van der Waals surface area contributed by atoms with Gasteiger partial charge in [0.25, 0.3) is 5.69 Å². The van der Waals surface area contributed by atoms with Crippen molar-refractivity contribution in [3.8, 4) is 11.3 Å². The Bertz CT molecular complexity index is 545. The van der Waals surface area contributed by atoms with Crippen LogP contribution in [0.2, 0.25) is 0 Å². The summed E-state index contributed by atoms with van der Waals surface area (Å²) in [6, 6.07) is 5.90.